The van der Waals surface area contributed by atoms with Crippen LogP contribution >= 0.6 is 23.2 Å². The zero-order valence-electron chi connectivity index (χ0n) is 23.9. The quantitative estimate of drug-likeness (QED) is 0.214. The van der Waals surface area contributed by atoms with Gasteiger partial charge in [0.05, 0.1) is 42.3 Å². The van der Waals surface area contributed by atoms with Gasteiger partial charge in [-0.2, -0.15) is 5.10 Å². The number of carbonyl (C=O) groups excluding carboxylic acids is 1. The number of benzene rings is 2. The Labute approximate surface area is 259 Å². The maximum absolute atomic E-state index is 16.0. The van der Waals surface area contributed by atoms with Gasteiger partial charge in [0.25, 0.3) is 5.91 Å². The number of nitrogens with zero attached hydrogens (tertiary/aromatic N) is 3. The van der Waals surface area contributed by atoms with Crippen molar-refractivity contribution < 1.29 is 23.8 Å². The van der Waals surface area contributed by atoms with E-state index in [0.717, 1.165) is 12.0 Å². The maximum Gasteiger partial charge on any atom is 0.251 e. The second kappa shape index (κ2) is 13.5. The number of hydrogen-bond donors (Lipinski definition) is 2. The zero-order valence-corrected chi connectivity index (χ0v) is 25.4. The van der Waals surface area contributed by atoms with E-state index in [1.165, 1.54) is 18.5 Å². The minimum Gasteiger partial charge on any atom is -0.381 e. The second-order valence-corrected chi connectivity index (χ2v) is 11.7. The molecule has 4 aromatic rings. The molecule has 8 nitrogen and oxygen atoms in total. The summed E-state index contributed by atoms with van der Waals surface area (Å²) in [6.45, 7) is 2.77. The number of aliphatic hydroxyl groups is 1. The van der Waals surface area contributed by atoms with Crippen molar-refractivity contribution in [3.05, 3.63) is 116 Å². The number of pyridine rings is 1. The Kier molecular flexibility index (Phi) is 9.78. The lowest BCUT2D eigenvalue weighted by molar-refractivity contribution is -0.0211. The Balaban J connectivity index is 1.46. The van der Waals surface area contributed by atoms with E-state index in [-0.39, 0.29) is 41.9 Å². The summed E-state index contributed by atoms with van der Waals surface area (Å²) in [5, 5.41) is 19.5. The van der Waals surface area contributed by atoms with E-state index < -0.39 is 17.3 Å². The van der Waals surface area contributed by atoms with Gasteiger partial charge in [0.15, 0.2) is 0 Å². The Morgan fingerprint density at radius 1 is 1.19 bits per heavy atom. The fourth-order valence-electron chi connectivity index (χ4n) is 5.11. The van der Waals surface area contributed by atoms with Crippen LogP contribution in [-0.2, 0) is 35.1 Å². The molecule has 2 unspecified atom stereocenters. The van der Waals surface area contributed by atoms with E-state index in [1.807, 2.05) is 12.1 Å². The monoisotopic (exact) mass is 626 g/mol. The highest BCUT2D eigenvalue weighted by atomic mass is 35.5. The Morgan fingerprint density at radius 2 is 1.95 bits per heavy atom. The van der Waals surface area contributed by atoms with Gasteiger partial charge in [-0.1, -0.05) is 35.3 Å². The molecule has 3 heterocycles. The van der Waals surface area contributed by atoms with Crippen LogP contribution in [0.25, 0.3) is 0 Å². The van der Waals surface area contributed by atoms with Crippen LogP contribution in [-0.4, -0.2) is 45.1 Å². The molecule has 1 aliphatic rings. The third-order valence-electron chi connectivity index (χ3n) is 7.63. The summed E-state index contributed by atoms with van der Waals surface area (Å²) in [5.74, 6) is -1.10. The van der Waals surface area contributed by atoms with Crippen molar-refractivity contribution in [2.45, 2.75) is 50.5 Å². The second-order valence-electron chi connectivity index (χ2n) is 10.8. The van der Waals surface area contributed by atoms with Gasteiger partial charge in [-0.05, 0) is 73.7 Å². The van der Waals surface area contributed by atoms with Crippen LogP contribution in [0, 0.1) is 5.82 Å². The Hall–Kier alpha value is -3.34. The molecule has 0 spiro atoms. The fourth-order valence-corrected chi connectivity index (χ4v) is 5.35. The van der Waals surface area contributed by atoms with Gasteiger partial charge in [0.1, 0.15) is 11.4 Å². The molecule has 11 heteroatoms. The molecular weight excluding hydrogens is 594 g/mol. The van der Waals surface area contributed by atoms with Crippen molar-refractivity contribution in [2.75, 3.05) is 13.2 Å². The maximum atomic E-state index is 16.0. The molecule has 1 saturated heterocycles. The van der Waals surface area contributed by atoms with Crippen molar-refractivity contribution >= 4 is 29.1 Å². The largest absolute Gasteiger partial charge is 0.381 e. The highest BCUT2D eigenvalue weighted by molar-refractivity contribution is 6.30. The van der Waals surface area contributed by atoms with E-state index in [9.17, 15) is 9.90 Å². The summed E-state index contributed by atoms with van der Waals surface area (Å²) in [7, 11) is 1.73. The third kappa shape index (κ3) is 7.60. The van der Waals surface area contributed by atoms with E-state index in [0.29, 0.717) is 40.9 Å². The number of amides is 1. The molecule has 0 aliphatic carbocycles. The lowest BCUT2D eigenvalue weighted by Gasteiger charge is -2.25. The van der Waals surface area contributed by atoms with Crippen LogP contribution in [0.2, 0.25) is 10.0 Å². The van der Waals surface area contributed by atoms with Gasteiger partial charge >= 0.3 is 0 Å². The van der Waals surface area contributed by atoms with E-state index >= 15 is 4.39 Å². The number of hydrogen-bond acceptors (Lipinski definition) is 6. The van der Waals surface area contributed by atoms with Crippen molar-refractivity contribution in [1.82, 2.24) is 20.1 Å². The number of nitrogens with one attached hydrogen (secondary N) is 1. The molecule has 2 aromatic heterocycles. The van der Waals surface area contributed by atoms with Crippen molar-refractivity contribution in [2.24, 2.45) is 7.05 Å². The Bertz CT molecular complexity index is 1550. The zero-order chi connectivity index (χ0) is 30.6. The summed E-state index contributed by atoms with van der Waals surface area (Å²) >= 11 is 12.1. The molecule has 0 radical (unpaired) electrons. The highest BCUT2D eigenvalue weighted by Crippen LogP contribution is 2.34. The normalized spacial score (nSPS) is 17.0. The van der Waals surface area contributed by atoms with Crippen molar-refractivity contribution in [3.8, 4) is 0 Å². The number of aromatic nitrogens is 3. The number of halogens is 3. The summed E-state index contributed by atoms with van der Waals surface area (Å²) in [6.07, 6.45) is 5.55. The average molecular weight is 628 g/mol. The van der Waals surface area contributed by atoms with Crippen LogP contribution in [0.15, 0.2) is 67.1 Å². The van der Waals surface area contributed by atoms with Crippen LogP contribution in [0.1, 0.15) is 64.2 Å². The molecule has 0 bridgehead atoms. The van der Waals surface area contributed by atoms with Gasteiger partial charge in [-0.3, -0.25) is 14.5 Å². The van der Waals surface area contributed by atoms with Gasteiger partial charge in [0.2, 0.25) is 0 Å². The number of rotatable bonds is 11. The van der Waals surface area contributed by atoms with E-state index in [2.05, 4.69) is 15.4 Å². The molecule has 2 aromatic carbocycles. The van der Waals surface area contributed by atoms with Crippen LogP contribution in [0.3, 0.4) is 0 Å². The standard InChI is InChI=1S/C32H33Cl2FN4O4/c1-32(41,22-15-38-39(2)18-22)21-13-28(31(40)37-17-25-8-7-24(34)16-36-25)27(29(35)14-21)9-10-30(43-26-11-12-42-19-26)20-3-5-23(33)6-4-20/h3-8,13-16,18,26,30,41H,9-12,17,19H2,1-2H3,(H,37,40)/t26-,30?,32?/m0/s1. The molecule has 43 heavy (non-hydrogen) atoms. The SMILES string of the molecule is Cn1cc(C(C)(O)c2cc(F)c(CCC(O[C@H]3CCOC3)c3ccc(Cl)cc3)c(C(=O)NCc3ccc(Cl)cn3)c2)cn1. The minimum atomic E-state index is -1.60. The van der Waals surface area contributed by atoms with Gasteiger partial charge in [-0.25, -0.2) is 4.39 Å². The van der Waals surface area contributed by atoms with Gasteiger partial charge < -0.3 is 19.9 Å². The lowest BCUT2D eigenvalue weighted by atomic mass is 9.86. The summed E-state index contributed by atoms with van der Waals surface area (Å²) < 4.78 is 29.5. The first-order valence-electron chi connectivity index (χ1n) is 14.0. The predicted molar refractivity (Wildman–Crippen MR) is 162 cm³/mol. The molecule has 3 atom stereocenters. The lowest BCUT2D eigenvalue weighted by Crippen LogP contribution is -2.28. The van der Waals surface area contributed by atoms with Crippen LogP contribution in [0.5, 0.6) is 0 Å². The first-order valence-corrected chi connectivity index (χ1v) is 14.8. The molecule has 2 N–H and O–H groups in total. The first kappa shape index (κ1) is 31.1. The molecule has 1 amide bonds. The van der Waals surface area contributed by atoms with Crippen LogP contribution in [0.4, 0.5) is 4.39 Å². The van der Waals surface area contributed by atoms with E-state index in [1.54, 1.807) is 55.2 Å². The third-order valence-corrected chi connectivity index (χ3v) is 8.11. The highest BCUT2D eigenvalue weighted by Gasteiger charge is 2.31. The first-order chi connectivity index (χ1) is 20.6. The Morgan fingerprint density at radius 3 is 2.60 bits per heavy atom. The number of aryl methyl sites for hydroxylation is 1. The van der Waals surface area contributed by atoms with Gasteiger partial charge in [-0.15, -0.1) is 0 Å². The molecule has 0 saturated carbocycles. The molecule has 1 fully saturated rings. The van der Waals surface area contributed by atoms with Crippen molar-refractivity contribution in [3.63, 3.8) is 0 Å². The summed E-state index contributed by atoms with van der Waals surface area (Å²) in [6, 6.07) is 13.6. The minimum absolute atomic E-state index is 0.0860. The average Bonchev–Trinajstić information content (AvgIpc) is 3.67. The van der Waals surface area contributed by atoms with Crippen molar-refractivity contribution in [1.29, 1.82) is 0 Å². The molecule has 5 rings (SSSR count). The summed E-state index contributed by atoms with van der Waals surface area (Å²) in [5.41, 5.74) is 0.919. The van der Waals surface area contributed by atoms with E-state index in [4.69, 9.17) is 32.7 Å². The summed E-state index contributed by atoms with van der Waals surface area (Å²) in [4.78, 5) is 17.8. The fraction of sp³-hybridized carbons (Fsp3) is 0.344. The topological polar surface area (TPSA) is 98.5 Å². The predicted octanol–water partition coefficient (Wildman–Crippen LogP) is 5.93. The number of carbonyl (C=O) groups is 1. The van der Waals surface area contributed by atoms with Gasteiger partial charge in [0, 0.05) is 47.8 Å². The van der Waals surface area contributed by atoms with Crippen LogP contribution < -0.4 is 5.32 Å². The molecular formula is C32H33Cl2FN4O4. The molecule has 1 aliphatic heterocycles. The molecule has 226 valence electrons. The number of ether oxygens (including phenoxy) is 2. The smallest absolute Gasteiger partial charge is 0.251 e.